The number of carbonyl (C=O) groups excluding carboxylic acids is 1. The van der Waals surface area contributed by atoms with E-state index < -0.39 is 34.5 Å². The van der Waals surface area contributed by atoms with Crippen LogP contribution in [0.15, 0.2) is 58.3 Å². The maximum Gasteiger partial charge on any atom is 0.338 e. The zero-order valence-electron chi connectivity index (χ0n) is 13.2. The lowest BCUT2D eigenvalue weighted by Crippen LogP contribution is -2.35. The smallest absolute Gasteiger partial charge is 0.338 e. The van der Waals surface area contributed by atoms with Gasteiger partial charge in [-0.3, -0.25) is 24.5 Å². The van der Waals surface area contributed by atoms with Gasteiger partial charge in [-0.2, -0.15) is 0 Å². The highest BCUT2D eigenvalue weighted by molar-refractivity contribution is 5.89. The van der Waals surface area contributed by atoms with E-state index in [9.17, 15) is 24.5 Å². The molecule has 2 atom stereocenters. The number of benzene rings is 1. The quantitative estimate of drug-likeness (QED) is 0.368. The predicted molar refractivity (Wildman–Crippen MR) is 87.8 cm³/mol. The molecule has 2 heterocycles. The maximum atomic E-state index is 12.1. The van der Waals surface area contributed by atoms with Crippen molar-refractivity contribution >= 4 is 11.7 Å². The van der Waals surface area contributed by atoms with Crippen molar-refractivity contribution < 1.29 is 19.2 Å². The Balaban J connectivity index is 1.65. The number of nitrogens with zero attached hydrogens (tertiary/aromatic N) is 2. The van der Waals surface area contributed by atoms with Crippen LogP contribution < -0.4 is 11.2 Å². The van der Waals surface area contributed by atoms with Crippen molar-refractivity contribution in [3.8, 4) is 0 Å². The van der Waals surface area contributed by atoms with Gasteiger partial charge in [-0.05, 0) is 24.3 Å². The third-order valence-electron chi connectivity index (χ3n) is 3.62. The molecule has 3 rings (SSSR count). The van der Waals surface area contributed by atoms with Crippen molar-refractivity contribution in [3.63, 3.8) is 0 Å². The highest BCUT2D eigenvalue weighted by Gasteiger charge is 2.22. The number of aromatic nitrogens is 2. The van der Waals surface area contributed by atoms with Crippen LogP contribution in [-0.2, 0) is 9.47 Å². The van der Waals surface area contributed by atoms with Gasteiger partial charge in [0.05, 0.1) is 17.1 Å². The molecule has 0 spiro atoms. The SMILES string of the molecule is O=C(O[C@H]1C=C[C@@H](n2ccc(=O)[nH]c2=O)OC1)c1ccc([N+](=O)[O-])cc1. The lowest BCUT2D eigenvalue weighted by molar-refractivity contribution is -0.384. The first-order chi connectivity index (χ1) is 12.4. The van der Waals surface area contributed by atoms with Gasteiger partial charge in [-0.25, -0.2) is 9.59 Å². The summed E-state index contributed by atoms with van der Waals surface area (Å²) in [6.07, 6.45) is 2.99. The van der Waals surface area contributed by atoms with E-state index in [0.717, 1.165) is 0 Å². The van der Waals surface area contributed by atoms with Crippen molar-refractivity contribution in [2.75, 3.05) is 6.61 Å². The van der Waals surface area contributed by atoms with E-state index in [-0.39, 0.29) is 17.9 Å². The fourth-order valence-corrected chi connectivity index (χ4v) is 2.32. The second-order valence-corrected chi connectivity index (χ2v) is 5.37. The Morgan fingerprint density at radius 1 is 1.23 bits per heavy atom. The largest absolute Gasteiger partial charge is 0.452 e. The van der Waals surface area contributed by atoms with Crippen LogP contribution in [-0.4, -0.2) is 33.2 Å². The topological polar surface area (TPSA) is 134 Å². The molecule has 0 aliphatic carbocycles. The molecule has 1 aliphatic rings. The minimum absolute atomic E-state index is 0.00541. The Labute approximate surface area is 145 Å². The van der Waals surface area contributed by atoms with E-state index in [0.29, 0.717) is 0 Å². The molecular formula is C16H13N3O7. The number of nitro groups is 1. The Kier molecular flexibility index (Phi) is 4.76. The number of nitrogens with one attached hydrogen (secondary N) is 1. The van der Waals surface area contributed by atoms with Gasteiger partial charge in [0.1, 0.15) is 6.10 Å². The van der Waals surface area contributed by atoms with E-state index in [1.165, 1.54) is 47.2 Å². The van der Waals surface area contributed by atoms with Crippen molar-refractivity contribution in [2.45, 2.75) is 12.3 Å². The standard InChI is InChI=1S/C16H13N3O7/c20-13-7-8-18(16(22)17-13)14-6-5-12(9-25-14)26-15(21)10-1-3-11(4-2-10)19(23)24/h1-8,12,14H,9H2,(H,17,20,22)/t12-,14-/m0/s1. The van der Waals surface area contributed by atoms with Crippen LogP contribution >= 0.6 is 0 Å². The van der Waals surface area contributed by atoms with Crippen LogP contribution in [0.1, 0.15) is 16.6 Å². The van der Waals surface area contributed by atoms with E-state index in [4.69, 9.17) is 9.47 Å². The minimum atomic E-state index is -0.728. The lowest BCUT2D eigenvalue weighted by Gasteiger charge is -2.24. The molecule has 2 aromatic rings. The van der Waals surface area contributed by atoms with Gasteiger partial charge in [0.2, 0.25) is 0 Å². The average Bonchev–Trinajstić information content (AvgIpc) is 2.63. The van der Waals surface area contributed by atoms with Gasteiger partial charge in [-0.15, -0.1) is 0 Å². The second-order valence-electron chi connectivity index (χ2n) is 5.37. The van der Waals surface area contributed by atoms with Crippen LogP contribution in [0, 0.1) is 10.1 Å². The molecule has 0 saturated carbocycles. The highest BCUT2D eigenvalue weighted by atomic mass is 16.6. The van der Waals surface area contributed by atoms with Crippen LogP contribution in [0.5, 0.6) is 0 Å². The van der Waals surface area contributed by atoms with Gasteiger partial charge in [0.25, 0.3) is 11.2 Å². The number of rotatable bonds is 4. The van der Waals surface area contributed by atoms with Crippen LogP contribution in [0.25, 0.3) is 0 Å². The van der Waals surface area contributed by atoms with E-state index in [2.05, 4.69) is 4.98 Å². The van der Waals surface area contributed by atoms with Crippen LogP contribution in [0.2, 0.25) is 0 Å². The number of carbonyl (C=O) groups is 1. The van der Waals surface area contributed by atoms with Gasteiger partial charge >= 0.3 is 11.7 Å². The molecule has 0 radical (unpaired) electrons. The Morgan fingerprint density at radius 2 is 1.96 bits per heavy atom. The third kappa shape index (κ3) is 3.75. The molecular weight excluding hydrogens is 346 g/mol. The number of esters is 1. The average molecular weight is 359 g/mol. The predicted octanol–water partition coefficient (Wildman–Crippen LogP) is 0.755. The summed E-state index contributed by atoms with van der Waals surface area (Å²) in [4.78, 5) is 47.0. The van der Waals surface area contributed by atoms with Gasteiger partial charge in [0.15, 0.2) is 6.23 Å². The van der Waals surface area contributed by atoms with Crippen molar-refractivity contribution in [2.24, 2.45) is 0 Å². The number of hydrogen-bond donors (Lipinski definition) is 1. The lowest BCUT2D eigenvalue weighted by atomic mass is 10.2. The van der Waals surface area contributed by atoms with Crippen molar-refractivity contribution in [1.82, 2.24) is 9.55 Å². The molecule has 0 saturated heterocycles. The van der Waals surface area contributed by atoms with E-state index >= 15 is 0 Å². The Morgan fingerprint density at radius 3 is 2.54 bits per heavy atom. The summed E-state index contributed by atoms with van der Waals surface area (Å²) in [5, 5.41) is 10.6. The third-order valence-corrected chi connectivity index (χ3v) is 3.62. The van der Waals surface area contributed by atoms with Crippen LogP contribution in [0.3, 0.4) is 0 Å². The molecule has 0 unspecified atom stereocenters. The Bertz CT molecular complexity index is 974. The molecule has 1 N–H and O–H groups in total. The first kappa shape index (κ1) is 17.3. The van der Waals surface area contributed by atoms with Crippen LogP contribution in [0.4, 0.5) is 5.69 Å². The number of nitro benzene ring substituents is 1. The molecule has 0 fully saturated rings. The van der Waals surface area contributed by atoms with Gasteiger partial charge in [-0.1, -0.05) is 0 Å². The summed E-state index contributed by atoms with van der Waals surface area (Å²) in [5.41, 5.74) is -1.09. The van der Waals surface area contributed by atoms with Gasteiger partial charge in [0, 0.05) is 24.4 Å². The van der Waals surface area contributed by atoms with E-state index in [1.807, 2.05) is 0 Å². The first-order valence-electron chi connectivity index (χ1n) is 7.51. The fourth-order valence-electron chi connectivity index (χ4n) is 2.32. The molecule has 10 nitrogen and oxygen atoms in total. The number of aromatic amines is 1. The number of non-ortho nitro benzene ring substituents is 1. The summed E-state index contributed by atoms with van der Waals surface area (Å²) in [6, 6.07) is 6.22. The number of hydrogen-bond acceptors (Lipinski definition) is 7. The fraction of sp³-hybridized carbons (Fsp3) is 0.188. The second kappa shape index (κ2) is 7.15. The monoisotopic (exact) mass is 359 g/mol. The zero-order valence-corrected chi connectivity index (χ0v) is 13.2. The summed E-state index contributed by atoms with van der Waals surface area (Å²) in [5.74, 6) is -0.655. The Hall–Kier alpha value is -3.53. The summed E-state index contributed by atoms with van der Waals surface area (Å²) < 4.78 is 11.9. The molecule has 0 bridgehead atoms. The zero-order chi connectivity index (χ0) is 18.7. The number of ether oxygens (including phenoxy) is 2. The first-order valence-corrected chi connectivity index (χ1v) is 7.51. The molecule has 10 heteroatoms. The van der Waals surface area contributed by atoms with Crippen molar-refractivity contribution in [3.05, 3.63) is 85.2 Å². The molecule has 0 amide bonds. The summed E-state index contributed by atoms with van der Waals surface area (Å²) in [7, 11) is 0. The molecule has 1 aliphatic heterocycles. The minimum Gasteiger partial charge on any atom is -0.452 e. The molecule has 1 aromatic heterocycles. The maximum absolute atomic E-state index is 12.1. The normalized spacial score (nSPS) is 19.1. The van der Waals surface area contributed by atoms with Gasteiger partial charge < -0.3 is 9.47 Å². The molecule has 134 valence electrons. The molecule has 1 aromatic carbocycles. The van der Waals surface area contributed by atoms with Crippen molar-refractivity contribution in [1.29, 1.82) is 0 Å². The highest BCUT2D eigenvalue weighted by Crippen LogP contribution is 2.18. The molecule has 26 heavy (non-hydrogen) atoms. The summed E-state index contributed by atoms with van der Waals surface area (Å²) >= 11 is 0. The van der Waals surface area contributed by atoms with E-state index in [1.54, 1.807) is 6.08 Å². The number of H-pyrrole nitrogens is 1. The summed E-state index contributed by atoms with van der Waals surface area (Å²) in [6.45, 7) is 0.00541.